The third kappa shape index (κ3) is 2.43. The quantitative estimate of drug-likeness (QED) is 0.613. The third-order valence-corrected chi connectivity index (χ3v) is 3.95. The van der Waals surface area contributed by atoms with Gasteiger partial charge in [0, 0.05) is 25.7 Å². The van der Waals surface area contributed by atoms with Crippen LogP contribution in [0, 0.1) is 0 Å². The third-order valence-electron chi connectivity index (χ3n) is 2.34. The van der Waals surface area contributed by atoms with Crippen molar-refractivity contribution in [3.05, 3.63) is 0 Å². The molecule has 4 nitrogen and oxygen atoms in total. The molecule has 1 unspecified atom stereocenters. The Morgan fingerprint density at radius 2 is 1.92 bits per heavy atom. The molecule has 1 aliphatic heterocycles. The van der Waals surface area contributed by atoms with Crippen molar-refractivity contribution < 1.29 is 8.42 Å². The summed E-state index contributed by atoms with van der Waals surface area (Å²) in [7, 11) is -2.74. The van der Waals surface area contributed by atoms with E-state index in [-0.39, 0.29) is 11.5 Å². The Hall–Kier alpha value is -0.130. The second-order valence-corrected chi connectivity index (χ2v) is 5.58. The number of nitrogens with two attached hydrogens (primary N) is 1. The first-order chi connectivity index (χ1) is 5.55. The summed E-state index contributed by atoms with van der Waals surface area (Å²) in [5, 5.41) is 0. The van der Waals surface area contributed by atoms with Crippen molar-refractivity contribution >= 4 is 9.84 Å². The SMILES string of the molecule is CC(CN)N1CCS(=O)(=O)CC1. The summed E-state index contributed by atoms with van der Waals surface area (Å²) < 4.78 is 22.1. The van der Waals surface area contributed by atoms with Gasteiger partial charge in [-0.15, -0.1) is 0 Å². The summed E-state index contributed by atoms with van der Waals surface area (Å²) in [6.45, 7) is 3.90. The molecule has 1 heterocycles. The highest BCUT2D eigenvalue weighted by molar-refractivity contribution is 7.91. The van der Waals surface area contributed by atoms with Crippen LogP contribution in [-0.2, 0) is 9.84 Å². The molecule has 72 valence electrons. The highest BCUT2D eigenvalue weighted by Crippen LogP contribution is 2.06. The molecule has 1 atom stereocenters. The Morgan fingerprint density at radius 1 is 1.42 bits per heavy atom. The van der Waals surface area contributed by atoms with Gasteiger partial charge in [-0.05, 0) is 6.92 Å². The summed E-state index contributed by atoms with van der Waals surface area (Å²) in [4.78, 5) is 2.13. The van der Waals surface area contributed by atoms with E-state index in [1.54, 1.807) is 0 Å². The minimum Gasteiger partial charge on any atom is -0.329 e. The standard InChI is InChI=1S/C7H16N2O2S/c1-7(6-8)9-2-4-12(10,11)5-3-9/h7H,2-6,8H2,1H3. The Bertz CT molecular complexity index is 224. The van der Waals surface area contributed by atoms with Crippen molar-refractivity contribution in [2.75, 3.05) is 31.1 Å². The molecule has 12 heavy (non-hydrogen) atoms. The molecule has 1 saturated heterocycles. The fourth-order valence-electron chi connectivity index (χ4n) is 1.32. The summed E-state index contributed by atoms with van der Waals surface area (Å²) in [5.41, 5.74) is 5.48. The van der Waals surface area contributed by atoms with Gasteiger partial charge in [0.25, 0.3) is 0 Å². The van der Waals surface area contributed by atoms with E-state index in [2.05, 4.69) is 4.90 Å². The maximum atomic E-state index is 11.0. The number of rotatable bonds is 2. The average Bonchev–Trinajstić information content (AvgIpc) is 2.03. The van der Waals surface area contributed by atoms with Crippen molar-refractivity contribution in [1.29, 1.82) is 0 Å². The van der Waals surface area contributed by atoms with E-state index in [0.29, 0.717) is 25.7 Å². The van der Waals surface area contributed by atoms with Gasteiger partial charge >= 0.3 is 0 Å². The van der Waals surface area contributed by atoms with Crippen molar-refractivity contribution in [2.45, 2.75) is 13.0 Å². The highest BCUT2D eigenvalue weighted by atomic mass is 32.2. The monoisotopic (exact) mass is 192 g/mol. The van der Waals surface area contributed by atoms with E-state index in [1.165, 1.54) is 0 Å². The zero-order valence-corrected chi connectivity index (χ0v) is 8.18. The molecule has 0 radical (unpaired) electrons. The van der Waals surface area contributed by atoms with E-state index >= 15 is 0 Å². The zero-order chi connectivity index (χ0) is 9.19. The summed E-state index contributed by atoms with van der Waals surface area (Å²) >= 11 is 0. The molecule has 2 N–H and O–H groups in total. The summed E-state index contributed by atoms with van der Waals surface area (Å²) in [6, 6.07) is 0.306. The number of sulfone groups is 1. The first-order valence-electron chi connectivity index (χ1n) is 4.20. The second-order valence-electron chi connectivity index (χ2n) is 3.27. The van der Waals surface area contributed by atoms with Crippen LogP contribution in [0.3, 0.4) is 0 Å². The van der Waals surface area contributed by atoms with Crippen LogP contribution in [0.4, 0.5) is 0 Å². The number of hydrogen-bond donors (Lipinski definition) is 1. The lowest BCUT2D eigenvalue weighted by Crippen LogP contribution is -2.47. The normalized spacial score (nSPS) is 26.8. The lowest BCUT2D eigenvalue weighted by Gasteiger charge is -2.31. The predicted molar refractivity (Wildman–Crippen MR) is 48.7 cm³/mol. The van der Waals surface area contributed by atoms with Crippen LogP contribution in [0.25, 0.3) is 0 Å². The van der Waals surface area contributed by atoms with Crippen molar-refractivity contribution in [3.8, 4) is 0 Å². The zero-order valence-electron chi connectivity index (χ0n) is 7.36. The smallest absolute Gasteiger partial charge is 0.152 e. The van der Waals surface area contributed by atoms with E-state index in [9.17, 15) is 8.42 Å². The van der Waals surface area contributed by atoms with Crippen molar-refractivity contribution in [3.63, 3.8) is 0 Å². The first-order valence-corrected chi connectivity index (χ1v) is 6.02. The molecule has 1 rings (SSSR count). The van der Waals surface area contributed by atoms with E-state index in [0.717, 1.165) is 0 Å². The van der Waals surface area contributed by atoms with Gasteiger partial charge in [0.05, 0.1) is 11.5 Å². The molecular weight excluding hydrogens is 176 g/mol. The molecule has 1 aliphatic rings. The fraction of sp³-hybridized carbons (Fsp3) is 1.00. The highest BCUT2D eigenvalue weighted by Gasteiger charge is 2.23. The summed E-state index contributed by atoms with van der Waals surface area (Å²) in [6.07, 6.45) is 0. The average molecular weight is 192 g/mol. The molecule has 0 aromatic heterocycles. The minimum atomic E-state index is -2.74. The molecule has 1 fully saturated rings. The molecule has 0 aliphatic carbocycles. The van der Waals surface area contributed by atoms with Gasteiger partial charge in [-0.3, -0.25) is 4.90 Å². The molecular formula is C7H16N2O2S. The van der Waals surface area contributed by atoms with E-state index in [1.807, 2.05) is 6.92 Å². The largest absolute Gasteiger partial charge is 0.329 e. The Labute approximate surface area is 73.6 Å². The number of hydrogen-bond acceptors (Lipinski definition) is 4. The predicted octanol–water partition coefficient (Wildman–Crippen LogP) is -0.936. The van der Waals surface area contributed by atoms with Crippen LogP contribution >= 0.6 is 0 Å². The van der Waals surface area contributed by atoms with Gasteiger partial charge in [0.2, 0.25) is 0 Å². The molecule has 0 bridgehead atoms. The van der Waals surface area contributed by atoms with Crippen LogP contribution in [0.2, 0.25) is 0 Å². The molecule has 0 saturated carbocycles. The molecule has 0 amide bonds. The van der Waals surface area contributed by atoms with E-state index in [4.69, 9.17) is 5.73 Å². The lowest BCUT2D eigenvalue weighted by atomic mass is 10.3. The van der Waals surface area contributed by atoms with Gasteiger partial charge in [0.1, 0.15) is 0 Å². The summed E-state index contributed by atoms with van der Waals surface area (Å²) in [5.74, 6) is 0.578. The van der Waals surface area contributed by atoms with Crippen LogP contribution in [0.15, 0.2) is 0 Å². The Morgan fingerprint density at radius 3 is 2.33 bits per heavy atom. The molecule has 0 aromatic rings. The van der Waals surface area contributed by atoms with Gasteiger partial charge in [-0.1, -0.05) is 0 Å². The van der Waals surface area contributed by atoms with Crippen molar-refractivity contribution in [1.82, 2.24) is 4.90 Å². The van der Waals surface area contributed by atoms with E-state index < -0.39 is 9.84 Å². The van der Waals surface area contributed by atoms with Crippen LogP contribution in [0.1, 0.15) is 6.92 Å². The van der Waals surface area contributed by atoms with Gasteiger partial charge in [0.15, 0.2) is 9.84 Å². The fourth-order valence-corrected chi connectivity index (χ4v) is 2.55. The van der Waals surface area contributed by atoms with Gasteiger partial charge in [-0.25, -0.2) is 8.42 Å². The van der Waals surface area contributed by atoms with Crippen LogP contribution in [-0.4, -0.2) is 50.5 Å². The topological polar surface area (TPSA) is 63.4 Å². The van der Waals surface area contributed by atoms with Gasteiger partial charge in [-0.2, -0.15) is 0 Å². The second kappa shape index (κ2) is 3.72. The maximum absolute atomic E-state index is 11.0. The molecule has 0 spiro atoms. The molecule has 0 aromatic carbocycles. The molecule has 5 heteroatoms. The first kappa shape index (κ1) is 9.95. The van der Waals surface area contributed by atoms with Crippen molar-refractivity contribution in [2.24, 2.45) is 5.73 Å². The van der Waals surface area contributed by atoms with Crippen LogP contribution in [0.5, 0.6) is 0 Å². The number of nitrogens with zero attached hydrogens (tertiary/aromatic N) is 1. The van der Waals surface area contributed by atoms with Gasteiger partial charge < -0.3 is 5.73 Å². The maximum Gasteiger partial charge on any atom is 0.152 e. The Balaban J connectivity index is 2.46. The Kier molecular flexibility index (Phi) is 3.09. The lowest BCUT2D eigenvalue weighted by molar-refractivity contribution is 0.231. The van der Waals surface area contributed by atoms with Crippen LogP contribution < -0.4 is 5.73 Å². The minimum absolute atomic E-state index is 0.289.